The van der Waals surface area contributed by atoms with E-state index in [-0.39, 0.29) is 0 Å². The van der Waals surface area contributed by atoms with E-state index in [4.69, 9.17) is 4.74 Å². The van der Waals surface area contributed by atoms with Crippen LogP contribution in [0.2, 0.25) is 0 Å². The van der Waals surface area contributed by atoms with E-state index in [1.54, 1.807) is 6.92 Å². The lowest BCUT2D eigenvalue weighted by molar-refractivity contribution is -0.164. The molecule has 0 amide bonds. The van der Waals surface area contributed by atoms with Gasteiger partial charge in [-0.1, -0.05) is 6.58 Å². The summed E-state index contributed by atoms with van der Waals surface area (Å²) in [5.74, 6) is -1.45. The standard InChI is InChI=1S/C8H12O4/c1-4-7(9)12-8(10)6(3)11-5-2/h4,6H,1,5H2,2-3H3. The molecule has 0 aromatic rings. The minimum atomic E-state index is -0.758. The first kappa shape index (κ1) is 10.8. The highest BCUT2D eigenvalue weighted by molar-refractivity contribution is 5.93. The molecular formula is C8H12O4. The second-order valence-corrected chi connectivity index (χ2v) is 2.04. The molecule has 1 unspecified atom stereocenters. The second kappa shape index (κ2) is 5.49. The molecule has 12 heavy (non-hydrogen) atoms. The van der Waals surface area contributed by atoms with Crippen molar-refractivity contribution >= 4 is 11.9 Å². The molecule has 0 spiro atoms. The van der Waals surface area contributed by atoms with E-state index in [1.165, 1.54) is 6.92 Å². The quantitative estimate of drug-likeness (QED) is 0.355. The number of hydrogen-bond donors (Lipinski definition) is 0. The van der Waals surface area contributed by atoms with Crippen LogP contribution in [0.3, 0.4) is 0 Å². The maximum atomic E-state index is 10.9. The number of carbonyl (C=O) groups excluding carboxylic acids is 2. The van der Waals surface area contributed by atoms with Gasteiger partial charge < -0.3 is 9.47 Å². The Bertz CT molecular complexity index is 185. The van der Waals surface area contributed by atoms with Crippen LogP contribution < -0.4 is 0 Å². The van der Waals surface area contributed by atoms with Gasteiger partial charge in [0.15, 0.2) is 6.10 Å². The van der Waals surface area contributed by atoms with Gasteiger partial charge in [-0.15, -0.1) is 0 Å². The van der Waals surface area contributed by atoms with Crippen molar-refractivity contribution in [3.8, 4) is 0 Å². The molecule has 4 heteroatoms. The van der Waals surface area contributed by atoms with Gasteiger partial charge in [0.2, 0.25) is 0 Å². The fourth-order valence-corrected chi connectivity index (χ4v) is 0.542. The average Bonchev–Trinajstić information content (AvgIpc) is 2.04. The highest BCUT2D eigenvalue weighted by atomic mass is 16.6. The smallest absolute Gasteiger partial charge is 0.342 e. The van der Waals surface area contributed by atoms with Crippen LogP contribution in [0.1, 0.15) is 13.8 Å². The summed E-state index contributed by atoms with van der Waals surface area (Å²) in [7, 11) is 0. The summed E-state index contributed by atoms with van der Waals surface area (Å²) in [4.78, 5) is 21.4. The molecule has 0 saturated heterocycles. The largest absolute Gasteiger partial charge is 0.388 e. The first-order valence-electron chi connectivity index (χ1n) is 3.61. The van der Waals surface area contributed by atoms with E-state index < -0.39 is 18.0 Å². The molecule has 0 aliphatic carbocycles. The number of hydrogen-bond acceptors (Lipinski definition) is 4. The van der Waals surface area contributed by atoms with Gasteiger partial charge in [-0.3, -0.25) is 0 Å². The summed E-state index contributed by atoms with van der Waals surface area (Å²) in [5.41, 5.74) is 0. The van der Waals surface area contributed by atoms with Crippen molar-refractivity contribution in [2.75, 3.05) is 6.61 Å². The Morgan fingerprint density at radius 1 is 1.58 bits per heavy atom. The Balaban J connectivity index is 3.86. The molecule has 4 nitrogen and oxygen atoms in total. The monoisotopic (exact) mass is 172 g/mol. The zero-order valence-electron chi connectivity index (χ0n) is 7.20. The van der Waals surface area contributed by atoms with Crippen LogP contribution in [0.5, 0.6) is 0 Å². The Morgan fingerprint density at radius 3 is 2.58 bits per heavy atom. The van der Waals surface area contributed by atoms with Crippen molar-refractivity contribution in [1.29, 1.82) is 0 Å². The van der Waals surface area contributed by atoms with Gasteiger partial charge in [-0.2, -0.15) is 0 Å². The molecule has 0 bridgehead atoms. The highest BCUT2D eigenvalue weighted by Gasteiger charge is 2.16. The molecule has 0 saturated carbocycles. The zero-order valence-corrected chi connectivity index (χ0v) is 7.20. The van der Waals surface area contributed by atoms with Crippen LogP contribution >= 0.6 is 0 Å². The summed E-state index contributed by atoms with van der Waals surface area (Å²) < 4.78 is 9.18. The van der Waals surface area contributed by atoms with Gasteiger partial charge in [-0.05, 0) is 13.8 Å². The van der Waals surface area contributed by atoms with E-state index in [9.17, 15) is 9.59 Å². The molecule has 0 radical (unpaired) electrons. The topological polar surface area (TPSA) is 52.6 Å². The summed E-state index contributed by atoms with van der Waals surface area (Å²) in [6, 6.07) is 0. The summed E-state index contributed by atoms with van der Waals surface area (Å²) >= 11 is 0. The predicted octanol–water partition coefficient (Wildman–Crippen LogP) is 0.667. The molecule has 0 aromatic carbocycles. The van der Waals surface area contributed by atoms with Crippen LogP contribution in [0.25, 0.3) is 0 Å². The van der Waals surface area contributed by atoms with E-state index in [0.29, 0.717) is 6.61 Å². The fraction of sp³-hybridized carbons (Fsp3) is 0.500. The third-order valence-electron chi connectivity index (χ3n) is 1.12. The van der Waals surface area contributed by atoms with Gasteiger partial charge in [0.1, 0.15) is 0 Å². The third-order valence-corrected chi connectivity index (χ3v) is 1.12. The number of esters is 2. The lowest BCUT2D eigenvalue weighted by Crippen LogP contribution is -2.25. The summed E-state index contributed by atoms with van der Waals surface area (Å²) in [6.07, 6.45) is 0.218. The van der Waals surface area contributed by atoms with Gasteiger partial charge in [-0.25, -0.2) is 9.59 Å². The highest BCUT2D eigenvalue weighted by Crippen LogP contribution is 1.94. The first-order valence-corrected chi connectivity index (χ1v) is 3.61. The molecule has 0 N–H and O–H groups in total. The third kappa shape index (κ3) is 3.88. The molecule has 0 aliphatic heterocycles. The molecule has 68 valence electrons. The average molecular weight is 172 g/mol. The molecular weight excluding hydrogens is 160 g/mol. The molecule has 0 rings (SSSR count). The van der Waals surface area contributed by atoms with Crippen molar-refractivity contribution in [2.24, 2.45) is 0 Å². The van der Waals surface area contributed by atoms with Crippen molar-refractivity contribution in [1.82, 2.24) is 0 Å². The fourth-order valence-electron chi connectivity index (χ4n) is 0.542. The lowest BCUT2D eigenvalue weighted by atomic mass is 10.4. The van der Waals surface area contributed by atoms with Gasteiger partial charge >= 0.3 is 11.9 Å². The minimum absolute atomic E-state index is 0.401. The number of carbonyl (C=O) groups is 2. The Hall–Kier alpha value is -1.16. The van der Waals surface area contributed by atoms with E-state index in [1.807, 2.05) is 0 Å². The van der Waals surface area contributed by atoms with Crippen molar-refractivity contribution in [2.45, 2.75) is 20.0 Å². The predicted molar refractivity (Wildman–Crippen MR) is 42.4 cm³/mol. The van der Waals surface area contributed by atoms with E-state index >= 15 is 0 Å². The Kier molecular flexibility index (Phi) is 4.96. The van der Waals surface area contributed by atoms with E-state index in [2.05, 4.69) is 11.3 Å². The summed E-state index contributed by atoms with van der Waals surface area (Å²) in [6.45, 7) is 6.82. The van der Waals surface area contributed by atoms with Crippen LogP contribution in [-0.2, 0) is 19.1 Å². The van der Waals surface area contributed by atoms with Crippen molar-refractivity contribution in [3.63, 3.8) is 0 Å². The maximum absolute atomic E-state index is 10.9. The normalized spacial score (nSPS) is 11.8. The van der Waals surface area contributed by atoms with E-state index in [0.717, 1.165) is 6.08 Å². The lowest BCUT2D eigenvalue weighted by Gasteiger charge is -2.08. The minimum Gasteiger partial charge on any atom is -0.388 e. The van der Waals surface area contributed by atoms with Crippen molar-refractivity contribution in [3.05, 3.63) is 12.7 Å². The van der Waals surface area contributed by atoms with Crippen LogP contribution in [0, 0.1) is 0 Å². The van der Waals surface area contributed by atoms with Crippen LogP contribution in [0.15, 0.2) is 12.7 Å². The number of ether oxygens (including phenoxy) is 2. The first-order chi connectivity index (χ1) is 5.61. The van der Waals surface area contributed by atoms with Crippen LogP contribution in [-0.4, -0.2) is 24.6 Å². The van der Waals surface area contributed by atoms with Gasteiger partial charge in [0, 0.05) is 12.7 Å². The maximum Gasteiger partial charge on any atom is 0.342 e. The second-order valence-electron chi connectivity index (χ2n) is 2.04. The molecule has 0 heterocycles. The molecule has 0 aliphatic rings. The Morgan fingerprint density at radius 2 is 2.17 bits per heavy atom. The summed E-state index contributed by atoms with van der Waals surface area (Å²) in [5, 5.41) is 0. The SMILES string of the molecule is C=CC(=O)OC(=O)C(C)OCC. The molecule has 1 atom stereocenters. The van der Waals surface area contributed by atoms with Gasteiger partial charge in [0.05, 0.1) is 0 Å². The van der Waals surface area contributed by atoms with Crippen molar-refractivity contribution < 1.29 is 19.1 Å². The number of rotatable bonds is 4. The zero-order chi connectivity index (χ0) is 9.56. The Labute approximate surface area is 71.2 Å². The molecule has 0 aromatic heterocycles. The molecule has 0 fully saturated rings. The van der Waals surface area contributed by atoms with Crippen LogP contribution in [0.4, 0.5) is 0 Å². The van der Waals surface area contributed by atoms with Gasteiger partial charge in [0.25, 0.3) is 0 Å².